The lowest BCUT2D eigenvalue weighted by Crippen LogP contribution is -2.37. The highest BCUT2D eigenvalue weighted by atomic mass is 16.7. The van der Waals surface area contributed by atoms with Crippen LogP contribution in [-0.4, -0.2) is 22.8 Å². The van der Waals surface area contributed by atoms with Crippen LogP contribution in [0.1, 0.15) is 22.7 Å². The van der Waals surface area contributed by atoms with Crippen LogP contribution in [0.25, 0.3) is 0 Å². The first-order valence-corrected chi connectivity index (χ1v) is 10.6. The van der Waals surface area contributed by atoms with E-state index in [-0.39, 0.29) is 11.6 Å². The second-order valence-corrected chi connectivity index (χ2v) is 8.36. The molecule has 2 amide bonds. The van der Waals surface area contributed by atoms with Crippen molar-refractivity contribution in [2.24, 2.45) is 5.92 Å². The van der Waals surface area contributed by atoms with Crippen LogP contribution in [0.5, 0.6) is 0 Å². The van der Waals surface area contributed by atoms with Gasteiger partial charge in [-0.15, -0.1) is 0 Å². The molecule has 8 nitrogen and oxygen atoms in total. The van der Waals surface area contributed by atoms with Crippen molar-refractivity contribution >= 4 is 28.9 Å². The Labute approximate surface area is 190 Å². The van der Waals surface area contributed by atoms with Crippen molar-refractivity contribution in [3.05, 3.63) is 99.6 Å². The van der Waals surface area contributed by atoms with Crippen LogP contribution in [-0.2, 0) is 14.4 Å². The second-order valence-electron chi connectivity index (χ2n) is 8.36. The van der Waals surface area contributed by atoms with E-state index in [2.05, 4.69) is 0 Å². The van der Waals surface area contributed by atoms with Crippen molar-refractivity contribution in [1.82, 2.24) is 0 Å². The van der Waals surface area contributed by atoms with Gasteiger partial charge in [-0.25, -0.2) is 9.96 Å². The summed E-state index contributed by atoms with van der Waals surface area (Å²) in [6, 6.07) is 20.2. The number of nitro groups is 1. The Morgan fingerprint density at radius 1 is 0.848 bits per heavy atom. The lowest BCUT2D eigenvalue weighted by molar-refractivity contribution is -0.384. The highest BCUT2D eigenvalue weighted by Crippen LogP contribution is 2.48. The Balaban J connectivity index is 1.59. The van der Waals surface area contributed by atoms with Crippen molar-refractivity contribution in [2.45, 2.75) is 26.0 Å². The van der Waals surface area contributed by atoms with E-state index in [4.69, 9.17) is 4.84 Å². The maximum absolute atomic E-state index is 13.6. The van der Waals surface area contributed by atoms with E-state index < -0.39 is 28.9 Å². The van der Waals surface area contributed by atoms with Crippen LogP contribution in [0.3, 0.4) is 0 Å². The van der Waals surface area contributed by atoms with Gasteiger partial charge < -0.3 is 0 Å². The minimum atomic E-state index is -1.02. The number of hydrogen-bond acceptors (Lipinski definition) is 6. The third kappa shape index (κ3) is 3.44. The second kappa shape index (κ2) is 7.83. The van der Waals surface area contributed by atoms with Gasteiger partial charge in [-0.05, 0) is 37.6 Å². The van der Waals surface area contributed by atoms with Gasteiger partial charge in [0.05, 0.1) is 22.3 Å². The molecular weight excluding hydrogens is 422 g/mol. The Bertz CT molecular complexity index is 1260. The first-order chi connectivity index (χ1) is 15.8. The predicted molar refractivity (Wildman–Crippen MR) is 122 cm³/mol. The van der Waals surface area contributed by atoms with Gasteiger partial charge in [-0.2, -0.15) is 0 Å². The number of non-ortho nitro benzene ring substituents is 1. The van der Waals surface area contributed by atoms with Gasteiger partial charge in [0.2, 0.25) is 5.91 Å². The van der Waals surface area contributed by atoms with Crippen molar-refractivity contribution in [3.63, 3.8) is 0 Å². The topological polar surface area (TPSA) is 93.0 Å². The molecule has 0 radical (unpaired) electrons. The van der Waals surface area contributed by atoms with Gasteiger partial charge in [0.25, 0.3) is 11.6 Å². The fourth-order valence-corrected chi connectivity index (χ4v) is 4.43. The molecule has 2 aliphatic rings. The fraction of sp³-hybridized carbons (Fsp3) is 0.200. The SMILES string of the molecule is Cc1ccc([C@@H]2[C@@H]3C(=O)N(c4ccc(C)cc4)C(=O)[C@@H]3ON2c2cccc([N+](=O)[O-])c2)cc1. The minimum Gasteiger partial charge on any atom is -0.273 e. The zero-order chi connectivity index (χ0) is 23.3. The monoisotopic (exact) mass is 443 g/mol. The van der Waals surface area contributed by atoms with Gasteiger partial charge in [0.15, 0.2) is 6.10 Å². The molecule has 2 saturated heterocycles. The maximum atomic E-state index is 13.6. The number of hydroxylamine groups is 1. The fourth-order valence-electron chi connectivity index (χ4n) is 4.43. The number of carbonyl (C=O) groups is 2. The molecule has 0 aliphatic carbocycles. The molecule has 0 unspecified atom stereocenters. The quantitative estimate of drug-likeness (QED) is 0.340. The molecule has 3 aromatic carbocycles. The molecule has 2 heterocycles. The number of imide groups is 1. The van der Waals surface area contributed by atoms with Crippen molar-refractivity contribution in [1.29, 1.82) is 0 Å². The van der Waals surface area contributed by atoms with Crippen LogP contribution < -0.4 is 9.96 Å². The molecule has 166 valence electrons. The zero-order valence-electron chi connectivity index (χ0n) is 18.0. The lowest BCUT2D eigenvalue weighted by atomic mass is 9.90. The summed E-state index contributed by atoms with van der Waals surface area (Å²) in [6.07, 6.45) is -1.02. The molecular formula is C25H21N3O5. The number of carbonyl (C=O) groups excluding carboxylic acids is 2. The van der Waals surface area contributed by atoms with E-state index in [9.17, 15) is 19.7 Å². The first kappa shape index (κ1) is 20.8. The molecule has 3 atom stereocenters. The predicted octanol–water partition coefficient (Wildman–Crippen LogP) is 4.26. The number of benzene rings is 3. The summed E-state index contributed by atoms with van der Waals surface area (Å²) >= 11 is 0. The summed E-state index contributed by atoms with van der Waals surface area (Å²) in [5, 5.41) is 12.8. The molecule has 5 rings (SSSR count). The van der Waals surface area contributed by atoms with E-state index >= 15 is 0 Å². The molecule has 33 heavy (non-hydrogen) atoms. The van der Waals surface area contributed by atoms with Gasteiger partial charge in [0.1, 0.15) is 5.92 Å². The van der Waals surface area contributed by atoms with Crippen LogP contribution in [0.15, 0.2) is 72.8 Å². The number of aryl methyl sites for hydroxylation is 2. The van der Waals surface area contributed by atoms with Gasteiger partial charge in [-0.1, -0.05) is 53.6 Å². The molecule has 2 aliphatic heterocycles. The number of amides is 2. The van der Waals surface area contributed by atoms with Crippen molar-refractivity contribution in [2.75, 3.05) is 9.96 Å². The summed E-state index contributed by atoms with van der Waals surface area (Å²) in [7, 11) is 0. The number of fused-ring (bicyclic) bond motifs is 1. The zero-order valence-corrected chi connectivity index (χ0v) is 18.0. The summed E-state index contributed by atoms with van der Waals surface area (Å²) in [5.74, 6) is -1.59. The van der Waals surface area contributed by atoms with E-state index in [1.807, 2.05) is 50.2 Å². The molecule has 0 aromatic heterocycles. The maximum Gasteiger partial charge on any atom is 0.271 e. The minimum absolute atomic E-state index is 0.102. The van der Waals surface area contributed by atoms with Crippen molar-refractivity contribution < 1.29 is 19.3 Å². The van der Waals surface area contributed by atoms with E-state index in [0.29, 0.717) is 11.4 Å². The number of nitrogens with zero attached hydrogens (tertiary/aromatic N) is 3. The highest BCUT2D eigenvalue weighted by molar-refractivity contribution is 6.23. The number of nitro benzene ring substituents is 1. The number of rotatable bonds is 4. The summed E-state index contributed by atoms with van der Waals surface area (Å²) in [5.41, 5.74) is 3.65. The van der Waals surface area contributed by atoms with Crippen molar-refractivity contribution in [3.8, 4) is 0 Å². The van der Waals surface area contributed by atoms with Gasteiger partial charge in [-0.3, -0.25) is 24.5 Å². The van der Waals surface area contributed by atoms with Crippen LogP contribution in [0.4, 0.5) is 17.1 Å². The molecule has 8 heteroatoms. The molecule has 3 aromatic rings. The third-order valence-corrected chi connectivity index (χ3v) is 6.12. The Kier molecular flexibility index (Phi) is 4.94. The molecule has 0 bridgehead atoms. The van der Waals surface area contributed by atoms with Gasteiger partial charge in [0, 0.05) is 12.1 Å². The van der Waals surface area contributed by atoms with Crippen LogP contribution >= 0.6 is 0 Å². The van der Waals surface area contributed by atoms with Gasteiger partial charge >= 0.3 is 0 Å². The molecule has 0 saturated carbocycles. The van der Waals surface area contributed by atoms with E-state index in [0.717, 1.165) is 16.7 Å². The number of hydrogen-bond donors (Lipinski definition) is 0. The van der Waals surface area contributed by atoms with Crippen LogP contribution in [0.2, 0.25) is 0 Å². The lowest BCUT2D eigenvalue weighted by Gasteiger charge is -2.28. The average molecular weight is 443 g/mol. The Hall–Kier alpha value is -4.04. The number of anilines is 2. The van der Waals surface area contributed by atoms with E-state index in [1.165, 1.54) is 22.1 Å². The standard InChI is InChI=1S/C25H21N3O5/c1-15-6-10-17(11-7-15)22-21-23(33-27(22)19-4-3-5-20(14-19)28(31)32)25(30)26(24(21)29)18-12-8-16(2)9-13-18/h3-14,21-23H,1-2H3/t21-,22+,23+/m0/s1. The first-order valence-electron chi connectivity index (χ1n) is 10.6. The van der Waals surface area contributed by atoms with E-state index in [1.54, 1.807) is 24.3 Å². The Morgan fingerprint density at radius 3 is 2.12 bits per heavy atom. The summed E-state index contributed by atoms with van der Waals surface area (Å²) in [6.45, 7) is 3.89. The average Bonchev–Trinajstić information content (AvgIpc) is 3.31. The summed E-state index contributed by atoms with van der Waals surface area (Å²) in [4.78, 5) is 45.0. The summed E-state index contributed by atoms with van der Waals surface area (Å²) < 4.78 is 0. The van der Waals surface area contributed by atoms with Crippen LogP contribution in [0, 0.1) is 29.9 Å². The largest absolute Gasteiger partial charge is 0.273 e. The smallest absolute Gasteiger partial charge is 0.271 e. The molecule has 0 spiro atoms. The third-order valence-electron chi connectivity index (χ3n) is 6.12. The Morgan fingerprint density at radius 2 is 1.48 bits per heavy atom. The molecule has 2 fully saturated rings. The highest BCUT2D eigenvalue weighted by Gasteiger charge is 2.60. The molecule has 0 N–H and O–H groups in total. The normalized spacial score (nSPS) is 22.1.